The Labute approximate surface area is 106 Å². The molecule has 0 radical (unpaired) electrons. The lowest BCUT2D eigenvalue weighted by Crippen LogP contribution is -2.19. The summed E-state index contributed by atoms with van der Waals surface area (Å²) in [5.41, 5.74) is 7.97. The molecule has 18 heavy (non-hydrogen) atoms. The highest BCUT2D eigenvalue weighted by atomic mass is 16.1. The molecule has 0 spiro atoms. The number of benzene rings is 1. The molecule has 0 aliphatic carbocycles. The van der Waals surface area contributed by atoms with Crippen molar-refractivity contribution >= 4 is 17.8 Å². The maximum atomic E-state index is 10.8. The van der Waals surface area contributed by atoms with E-state index in [4.69, 9.17) is 5.73 Å². The van der Waals surface area contributed by atoms with E-state index in [1.165, 1.54) is 0 Å². The van der Waals surface area contributed by atoms with Crippen LogP contribution in [0.2, 0.25) is 0 Å². The van der Waals surface area contributed by atoms with Crippen molar-refractivity contribution in [3.8, 4) is 0 Å². The summed E-state index contributed by atoms with van der Waals surface area (Å²) < 4.78 is 0. The number of hydrogen-bond donors (Lipinski definition) is 1. The minimum absolute atomic E-state index is 0.422. The van der Waals surface area contributed by atoms with Gasteiger partial charge in [-0.1, -0.05) is 30.3 Å². The van der Waals surface area contributed by atoms with Gasteiger partial charge in [-0.05, 0) is 11.6 Å². The molecule has 92 valence electrons. The van der Waals surface area contributed by atoms with Gasteiger partial charge in [0.1, 0.15) is 0 Å². The maximum absolute atomic E-state index is 10.8. The second-order valence-electron chi connectivity index (χ2n) is 4.10. The van der Waals surface area contributed by atoms with Crippen LogP contribution in [-0.4, -0.2) is 18.3 Å². The number of hydrogen-bond acceptors (Lipinski definition) is 4. The molecule has 0 saturated heterocycles. The van der Waals surface area contributed by atoms with Gasteiger partial charge in [-0.25, -0.2) is 4.98 Å². The number of carbonyl (C=O) groups excluding carboxylic acids is 1. The Morgan fingerprint density at radius 3 is 2.67 bits per heavy atom. The second-order valence-corrected chi connectivity index (χ2v) is 4.10. The van der Waals surface area contributed by atoms with Gasteiger partial charge in [0, 0.05) is 25.4 Å². The number of nitrogens with zero attached hydrogens (tertiary/aromatic N) is 2. The van der Waals surface area contributed by atoms with Crippen molar-refractivity contribution in [1.29, 1.82) is 0 Å². The Morgan fingerprint density at radius 1 is 1.28 bits per heavy atom. The third-order valence-electron chi connectivity index (χ3n) is 2.75. The van der Waals surface area contributed by atoms with Gasteiger partial charge < -0.3 is 10.6 Å². The van der Waals surface area contributed by atoms with Crippen LogP contribution in [0, 0.1) is 0 Å². The summed E-state index contributed by atoms with van der Waals surface area (Å²) in [6, 6.07) is 11.6. The molecule has 0 saturated carbocycles. The zero-order valence-corrected chi connectivity index (χ0v) is 10.2. The van der Waals surface area contributed by atoms with Gasteiger partial charge in [-0.2, -0.15) is 0 Å². The summed E-state index contributed by atoms with van der Waals surface area (Å²) in [5, 5.41) is 0. The van der Waals surface area contributed by atoms with E-state index in [0.29, 0.717) is 23.6 Å². The number of carbonyl (C=O) groups is 1. The number of pyridine rings is 1. The van der Waals surface area contributed by atoms with Crippen LogP contribution in [0.25, 0.3) is 0 Å². The highest BCUT2D eigenvalue weighted by Crippen LogP contribution is 2.23. The van der Waals surface area contributed by atoms with Gasteiger partial charge in [0.25, 0.3) is 0 Å². The molecule has 2 N–H and O–H groups in total. The molecular weight excluding hydrogens is 226 g/mol. The Balaban J connectivity index is 2.24. The van der Waals surface area contributed by atoms with Crippen LogP contribution in [0.5, 0.6) is 0 Å². The molecule has 0 unspecified atom stereocenters. The van der Waals surface area contributed by atoms with Crippen LogP contribution >= 0.6 is 0 Å². The van der Waals surface area contributed by atoms with Crippen LogP contribution in [0.15, 0.2) is 42.6 Å². The Hall–Kier alpha value is -2.36. The first-order chi connectivity index (χ1) is 8.72. The minimum atomic E-state index is 0.422. The molecule has 2 aromatic rings. The van der Waals surface area contributed by atoms with Gasteiger partial charge in [-0.3, -0.25) is 4.79 Å². The molecule has 1 aromatic heterocycles. The standard InChI is InChI=1S/C14H15N3O/c1-17(9-11-5-3-2-4-6-11)14-13(15)12(10-18)7-8-16-14/h2-8,10H,9,15H2,1H3. The van der Waals surface area contributed by atoms with Crippen molar-refractivity contribution < 1.29 is 4.79 Å². The van der Waals surface area contributed by atoms with E-state index in [0.717, 1.165) is 11.8 Å². The predicted molar refractivity (Wildman–Crippen MR) is 72.6 cm³/mol. The first kappa shape index (κ1) is 12.1. The van der Waals surface area contributed by atoms with Gasteiger partial charge >= 0.3 is 0 Å². The van der Waals surface area contributed by atoms with Gasteiger partial charge in [0.05, 0.1) is 5.69 Å². The minimum Gasteiger partial charge on any atom is -0.395 e. The number of nitrogens with two attached hydrogens (primary N) is 1. The molecule has 0 bridgehead atoms. The van der Waals surface area contributed by atoms with E-state index in [-0.39, 0.29) is 0 Å². The van der Waals surface area contributed by atoms with Gasteiger partial charge in [0.15, 0.2) is 12.1 Å². The Bertz CT molecular complexity index is 540. The SMILES string of the molecule is CN(Cc1ccccc1)c1nccc(C=O)c1N. The van der Waals surface area contributed by atoms with Gasteiger partial charge in [0.2, 0.25) is 0 Å². The fraction of sp³-hybridized carbons (Fsp3) is 0.143. The largest absolute Gasteiger partial charge is 0.395 e. The Kier molecular flexibility index (Phi) is 3.57. The number of rotatable bonds is 4. The average molecular weight is 241 g/mol. The number of aldehydes is 1. The highest BCUT2D eigenvalue weighted by Gasteiger charge is 2.10. The fourth-order valence-corrected chi connectivity index (χ4v) is 1.82. The van der Waals surface area contributed by atoms with Crippen LogP contribution in [-0.2, 0) is 6.54 Å². The molecule has 0 aliphatic heterocycles. The third kappa shape index (κ3) is 2.48. The highest BCUT2D eigenvalue weighted by molar-refractivity contribution is 5.87. The summed E-state index contributed by atoms with van der Waals surface area (Å²) >= 11 is 0. The lowest BCUT2D eigenvalue weighted by molar-refractivity contribution is 0.112. The molecule has 0 atom stereocenters. The topological polar surface area (TPSA) is 59.2 Å². The van der Waals surface area contributed by atoms with Crippen LogP contribution in [0.3, 0.4) is 0 Å². The van der Waals surface area contributed by atoms with Crippen LogP contribution in [0.1, 0.15) is 15.9 Å². The first-order valence-electron chi connectivity index (χ1n) is 5.67. The zero-order chi connectivity index (χ0) is 13.0. The number of aromatic nitrogens is 1. The van der Waals surface area contributed by atoms with E-state index in [1.54, 1.807) is 12.3 Å². The third-order valence-corrected chi connectivity index (χ3v) is 2.75. The molecule has 0 amide bonds. The monoisotopic (exact) mass is 241 g/mol. The zero-order valence-electron chi connectivity index (χ0n) is 10.2. The van der Waals surface area contributed by atoms with Gasteiger partial charge in [-0.15, -0.1) is 0 Å². The lowest BCUT2D eigenvalue weighted by atomic mass is 10.2. The lowest BCUT2D eigenvalue weighted by Gasteiger charge is -2.20. The summed E-state index contributed by atoms with van der Waals surface area (Å²) in [6.45, 7) is 0.695. The number of anilines is 2. The molecule has 1 heterocycles. The van der Waals surface area contributed by atoms with E-state index in [1.807, 2.05) is 42.3 Å². The molecule has 2 rings (SSSR count). The van der Waals surface area contributed by atoms with E-state index in [2.05, 4.69) is 4.98 Å². The fourth-order valence-electron chi connectivity index (χ4n) is 1.82. The number of nitrogen functional groups attached to an aromatic ring is 1. The molecular formula is C14H15N3O. The van der Waals surface area contributed by atoms with Crippen LogP contribution in [0.4, 0.5) is 11.5 Å². The average Bonchev–Trinajstić information content (AvgIpc) is 2.40. The van der Waals surface area contributed by atoms with Crippen molar-refractivity contribution in [1.82, 2.24) is 4.98 Å². The summed E-state index contributed by atoms with van der Waals surface area (Å²) in [6.07, 6.45) is 2.34. The van der Waals surface area contributed by atoms with Crippen LogP contribution < -0.4 is 10.6 Å². The molecule has 0 aliphatic rings. The van der Waals surface area contributed by atoms with Crippen molar-refractivity contribution in [3.05, 3.63) is 53.7 Å². The predicted octanol–water partition coefficient (Wildman–Crippen LogP) is 2.11. The summed E-state index contributed by atoms with van der Waals surface area (Å²) in [7, 11) is 1.90. The van der Waals surface area contributed by atoms with E-state index in [9.17, 15) is 4.79 Å². The normalized spacial score (nSPS) is 10.1. The van der Waals surface area contributed by atoms with Crippen molar-refractivity contribution in [3.63, 3.8) is 0 Å². The molecule has 0 fully saturated rings. The van der Waals surface area contributed by atoms with Crippen molar-refractivity contribution in [2.45, 2.75) is 6.54 Å². The Morgan fingerprint density at radius 2 is 2.00 bits per heavy atom. The molecule has 4 nitrogen and oxygen atoms in total. The van der Waals surface area contributed by atoms with E-state index < -0.39 is 0 Å². The van der Waals surface area contributed by atoms with Crippen molar-refractivity contribution in [2.24, 2.45) is 0 Å². The maximum Gasteiger partial charge on any atom is 0.152 e. The summed E-state index contributed by atoms with van der Waals surface area (Å²) in [4.78, 5) is 17.0. The van der Waals surface area contributed by atoms with Crippen molar-refractivity contribution in [2.75, 3.05) is 17.7 Å². The second kappa shape index (κ2) is 5.31. The smallest absolute Gasteiger partial charge is 0.152 e. The quantitative estimate of drug-likeness (QED) is 0.833. The molecule has 4 heteroatoms. The van der Waals surface area contributed by atoms with E-state index >= 15 is 0 Å². The molecule has 1 aromatic carbocycles. The first-order valence-corrected chi connectivity index (χ1v) is 5.67. The summed E-state index contributed by atoms with van der Waals surface area (Å²) in [5.74, 6) is 0.628.